The molecule has 0 radical (unpaired) electrons. The Morgan fingerprint density at radius 3 is 2.57 bits per heavy atom. The quantitative estimate of drug-likeness (QED) is 0.812. The summed E-state index contributed by atoms with van der Waals surface area (Å²) in [5, 5.41) is 12.8. The van der Waals surface area contributed by atoms with Crippen LogP contribution in [-0.2, 0) is 4.79 Å². The second kappa shape index (κ2) is 7.45. The van der Waals surface area contributed by atoms with Gasteiger partial charge in [-0.3, -0.25) is 9.69 Å². The van der Waals surface area contributed by atoms with Crippen molar-refractivity contribution in [2.24, 2.45) is 0 Å². The first kappa shape index (κ1) is 16.5. The number of nitrogens with zero attached hydrogens (tertiary/aromatic N) is 1. The lowest BCUT2D eigenvalue weighted by Crippen LogP contribution is -2.55. The van der Waals surface area contributed by atoms with Crippen molar-refractivity contribution in [3.63, 3.8) is 0 Å². The molecule has 23 heavy (non-hydrogen) atoms. The van der Waals surface area contributed by atoms with E-state index in [9.17, 15) is 4.79 Å². The number of benzene rings is 1. The maximum atomic E-state index is 10.9. The van der Waals surface area contributed by atoms with Crippen molar-refractivity contribution in [3.8, 4) is 0 Å². The van der Waals surface area contributed by atoms with Crippen LogP contribution in [0.2, 0.25) is 0 Å². The van der Waals surface area contributed by atoms with E-state index >= 15 is 0 Å². The summed E-state index contributed by atoms with van der Waals surface area (Å²) in [5.41, 5.74) is 1.47. The van der Waals surface area contributed by atoms with E-state index in [4.69, 9.17) is 5.11 Å². The van der Waals surface area contributed by atoms with E-state index in [1.165, 1.54) is 24.8 Å². The first-order valence-corrected chi connectivity index (χ1v) is 8.92. The van der Waals surface area contributed by atoms with Crippen LogP contribution in [0.5, 0.6) is 0 Å². The van der Waals surface area contributed by atoms with Gasteiger partial charge in [-0.25, -0.2) is 0 Å². The van der Waals surface area contributed by atoms with Crippen LogP contribution in [0.1, 0.15) is 50.5 Å². The Bertz CT molecular complexity index is 513. The van der Waals surface area contributed by atoms with Gasteiger partial charge in [0.05, 0.1) is 6.54 Å². The van der Waals surface area contributed by atoms with Gasteiger partial charge in [-0.05, 0) is 50.1 Å². The van der Waals surface area contributed by atoms with Crippen molar-refractivity contribution in [3.05, 3.63) is 35.9 Å². The number of hydrogen-bond donors (Lipinski definition) is 2. The fourth-order valence-electron chi connectivity index (χ4n) is 4.19. The summed E-state index contributed by atoms with van der Waals surface area (Å²) in [6.07, 6.45) is 5.95. The van der Waals surface area contributed by atoms with Crippen LogP contribution in [0.4, 0.5) is 0 Å². The topological polar surface area (TPSA) is 52.6 Å². The summed E-state index contributed by atoms with van der Waals surface area (Å²) in [6, 6.07) is 12.5. The largest absolute Gasteiger partial charge is 0.480 e. The van der Waals surface area contributed by atoms with Crippen molar-refractivity contribution < 1.29 is 9.90 Å². The summed E-state index contributed by atoms with van der Waals surface area (Å²) >= 11 is 0. The van der Waals surface area contributed by atoms with E-state index in [2.05, 4.69) is 40.5 Å². The number of carbonyl (C=O) groups is 1. The molecule has 3 rings (SSSR count). The van der Waals surface area contributed by atoms with Crippen molar-refractivity contribution in [1.82, 2.24) is 10.2 Å². The molecule has 4 nitrogen and oxygen atoms in total. The molecule has 0 saturated heterocycles. The Morgan fingerprint density at radius 2 is 1.91 bits per heavy atom. The average molecular weight is 316 g/mol. The minimum Gasteiger partial charge on any atom is -0.480 e. The predicted molar refractivity (Wildman–Crippen MR) is 91.7 cm³/mol. The molecule has 0 bridgehead atoms. The third-order valence-corrected chi connectivity index (χ3v) is 5.55. The third-order valence-electron chi connectivity index (χ3n) is 5.55. The number of hydrogen-bond acceptors (Lipinski definition) is 3. The van der Waals surface area contributed by atoms with Gasteiger partial charge in [-0.2, -0.15) is 0 Å². The minimum atomic E-state index is -0.718. The smallest absolute Gasteiger partial charge is 0.317 e. The van der Waals surface area contributed by atoms with Gasteiger partial charge in [0.15, 0.2) is 0 Å². The van der Waals surface area contributed by atoms with Crippen LogP contribution >= 0.6 is 0 Å². The van der Waals surface area contributed by atoms with Crippen LogP contribution in [-0.4, -0.2) is 47.2 Å². The highest BCUT2D eigenvalue weighted by molar-refractivity contribution is 5.69. The molecule has 2 fully saturated rings. The lowest BCUT2D eigenvalue weighted by atomic mass is 9.84. The highest BCUT2D eigenvalue weighted by Crippen LogP contribution is 2.36. The molecular formula is C19H28N2O2. The standard InChI is InChI=1S/C19H28N2O2/c1-2-21(13-19(22)23)18-11-17(12-18)20-16-9-8-15(10-16)14-6-4-3-5-7-14/h3-7,15-18,20H,2,8-13H2,1H3,(H,22,23). The highest BCUT2D eigenvalue weighted by Gasteiger charge is 2.36. The van der Waals surface area contributed by atoms with Crippen LogP contribution in [0, 0.1) is 0 Å². The number of aliphatic carboxylic acids is 1. The van der Waals surface area contributed by atoms with E-state index in [-0.39, 0.29) is 6.54 Å². The van der Waals surface area contributed by atoms with E-state index in [0.29, 0.717) is 24.0 Å². The molecule has 2 N–H and O–H groups in total. The third kappa shape index (κ3) is 4.12. The van der Waals surface area contributed by atoms with Crippen LogP contribution in [0.3, 0.4) is 0 Å². The van der Waals surface area contributed by atoms with Crippen molar-refractivity contribution in [1.29, 1.82) is 0 Å². The zero-order valence-electron chi connectivity index (χ0n) is 13.9. The lowest BCUT2D eigenvalue weighted by Gasteiger charge is -2.43. The maximum Gasteiger partial charge on any atom is 0.317 e. The van der Waals surface area contributed by atoms with E-state index in [1.807, 2.05) is 6.92 Å². The Hall–Kier alpha value is -1.39. The first-order chi connectivity index (χ1) is 11.2. The molecule has 126 valence electrons. The molecular weight excluding hydrogens is 288 g/mol. The Balaban J connectivity index is 1.42. The molecule has 0 aromatic heterocycles. The Labute approximate surface area is 138 Å². The van der Waals surface area contributed by atoms with Gasteiger partial charge in [-0.15, -0.1) is 0 Å². The number of carboxylic acid groups (broad SMARTS) is 1. The lowest BCUT2D eigenvalue weighted by molar-refractivity contribution is -0.139. The van der Waals surface area contributed by atoms with Gasteiger partial charge < -0.3 is 10.4 Å². The summed E-state index contributed by atoms with van der Waals surface area (Å²) in [5.74, 6) is -0.0199. The van der Waals surface area contributed by atoms with E-state index in [0.717, 1.165) is 19.4 Å². The monoisotopic (exact) mass is 316 g/mol. The Kier molecular flexibility index (Phi) is 5.34. The van der Waals surface area contributed by atoms with Gasteiger partial charge >= 0.3 is 5.97 Å². The first-order valence-electron chi connectivity index (χ1n) is 8.92. The fourth-order valence-corrected chi connectivity index (χ4v) is 4.19. The molecule has 4 heteroatoms. The number of rotatable bonds is 7. The normalized spacial score (nSPS) is 30.3. The summed E-state index contributed by atoms with van der Waals surface area (Å²) in [6.45, 7) is 3.04. The number of carboxylic acids is 1. The van der Waals surface area contributed by atoms with Gasteiger partial charge in [-0.1, -0.05) is 37.3 Å². The molecule has 2 aliphatic rings. The molecule has 2 aliphatic carbocycles. The van der Waals surface area contributed by atoms with Crippen molar-refractivity contribution in [2.45, 2.75) is 63.1 Å². The van der Waals surface area contributed by atoms with Gasteiger partial charge in [0.1, 0.15) is 0 Å². The molecule has 0 heterocycles. The van der Waals surface area contributed by atoms with E-state index < -0.39 is 5.97 Å². The van der Waals surface area contributed by atoms with Gasteiger partial charge in [0.25, 0.3) is 0 Å². The average Bonchev–Trinajstić information content (AvgIpc) is 2.98. The number of nitrogens with one attached hydrogen (secondary N) is 1. The van der Waals surface area contributed by atoms with Crippen LogP contribution < -0.4 is 5.32 Å². The van der Waals surface area contributed by atoms with Gasteiger partial charge in [0, 0.05) is 18.1 Å². The van der Waals surface area contributed by atoms with Crippen molar-refractivity contribution in [2.75, 3.05) is 13.1 Å². The minimum absolute atomic E-state index is 0.174. The van der Waals surface area contributed by atoms with Crippen LogP contribution in [0.25, 0.3) is 0 Å². The molecule has 1 aromatic carbocycles. The summed E-state index contributed by atoms with van der Waals surface area (Å²) < 4.78 is 0. The van der Waals surface area contributed by atoms with Gasteiger partial charge in [0.2, 0.25) is 0 Å². The molecule has 2 unspecified atom stereocenters. The summed E-state index contributed by atoms with van der Waals surface area (Å²) in [4.78, 5) is 13.0. The second-order valence-corrected chi connectivity index (χ2v) is 7.06. The molecule has 2 atom stereocenters. The molecule has 2 saturated carbocycles. The molecule has 1 aromatic rings. The second-order valence-electron chi connectivity index (χ2n) is 7.06. The predicted octanol–water partition coefficient (Wildman–Crippen LogP) is 2.85. The van der Waals surface area contributed by atoms with Crippen LogP contribution in [0.15, 0.2) is 30.3 Å². The summed E-state index contributed by atoms with van der Waals surface area (Å²) in [7, 11) is 0. The maximum absolute atomic E-state index is 10.9. The van der Waals surface area contributed by atoms with Crippen molar-refractivity contribution >= 4 is 5.97 Å². The molecule has 0 aliphatic heterocycles. The van der Waals surface area contributed by atoms with E-state index in [1.54, 1.807) is 0 Å². The zero-order chi connectivity index (χ0) is 16.2. The molecule has 0 spiro atoms. The number of likely N-dealkylation sites (N-methyl/N-ethyl adjacent to an activating group) is 1. The molecule has 0 amide bonds. The SMILES string of the molecule is CCN(CC(=O)O)C1CC(NC2CCC(c3ccccc3)C2)C1. The fraction of sp³-hybridized carbons (Fsp3) is 0.632. The highest BCUT2D eigenvalue weighted by atomic mass is 16.4. The zero-order valence-corrected chi connectivity index (χ0v) is 13.9. The Morgan fingerprint density at radius 1 is 1.17 bits per heavy atom.